The van der Waals surface area contributed by atoms with Crippen molar-refractivity contribution in [3.8, 4) is 11.6 Å². The Bertz CT molecular complexity index is 1070. The number of hydrogen-bond donors (Lipinski definition) is 3. The topological polar surface area (TPSA) is 104 Å². The number of halogens is 3. The molecule has 0 fully saturated rings. The van der Waals surface area contributed by atoms with Crippen molar-refractivity contribution in [2.24, 2.45) is 0 Å². The van der Waals surface area contributed by atoms with E-state index in [1.54, 1.807) is 12.1 Å². The average molecular weight is 438 g/mol. The molecule has 0 aliphatic rings. The highest BCUT2D eigenvalue weighted by molar-refractivity contribution is 6.42. The van der Waals surface area contributed by atoms with E-state index in [1.807, 2.05) is 0 Å². The third-order valence-corrected chi connectivity index (χ3v) is 4.87. The van der Waals surface area contributed by atoms with Gasteiger partial charge in [0.25, 0.3) is 5.91 Å². The maximum absolute atomic E-state index is 13.1. The maximum atomic E-state index is 13.1. The summed E-state index contributed by atoms with van der Waals surface area (Å²) in [5.41, 5.74) is 0.500. The Kier molecular flexibility index (Phi) is 6.05. The number of hydrogen-bond acceptors (Lipinski definition) is 4. The lowest BCUT2D eigenvalue weighted by molar-refractivity contribution is -0.137. The van der Waals surface area contributed by atoms with Crippen LogP contribution in [-0.4, -0.2) is 31.9 Å². The van der Waals surface area contributed by atoms with E-state index >= 15 is 0 Å². The summed E-state index contributed by atoms with van der Waals surface area (Å²) in [6, 6.07) is 9.91. The molecule has 3 N–H and O–H groups in total. The molecule has 150 valence electrons. The highest BCUT2D eigenvalue weighted by Crippen LogP contribution is 2.31. The normalized spacial score (nSPS) is 11.8. The lowest BCUT2D eigenvalue weighted by atomic mass is 10.0. The number of carbonyl (C=O) groups excluding carboxylic acids is 1. The summed E-state index contributed by atoms with van der Waals surface area (Å²) in [7, 11) is 0. The summed E-state index contributed by atoms with van der Waals surface area (Å²) in [6.45, 7) is 0. The standard InChI is InChI=1S/C19H14Cl2FN3O4/c20-13-3-1-2-12(18(13)21)14(9-17(27)28)23-19(29)15-8-16(26)25(24-15)11-6-4-10(22)5-7-11/h1-8,14,26H,9H2,(H,23,29)(H,27,28). The summed E-state index contributed by atoms with van der Waals surface area (Å²) >= 11 is 12.1. The van der Waals surface area contributed by atoms with Crippen LogP contribution in [0, 0.1) is 5.82 Å². The lowest BCUT2D eigenvalue weighted by Gasteiger charge is -2.18. The van der Waals surface area contributed by atoms with Crippen molar-refractivity contribution in [2.75, 3.05) is 0 Å². The number of aromatic hydroxyl groups is 1. The number of carboxylic acids is 1. The molecule has 1 atom stereocenters. The fourth-order valence-electron chi connectivity index (χ4n) is 2.69. The van der Waals surface area contributed by atoms with Gasteiger partial charge in [0.1, 0.15) is 5.82 Å². The van der Waals surface area contributed by atoms with Gasteiger partial charge in [-0.25, -0.2) is 9.07 Å². The zero-order valence-electron chi connectivity index (χ0n) is 14.6. The van der Waals surface area contributed by atoms with Crippen LogP contribution in [0.2, 0.25) is 10.0 Å². The van der Waals surface area contributed by atoms with Crippen LogP contribution in [0.3, 0.4) is 0 Å². The van der Waals surface area contributed by atoms with Crippen LogP contribution < -0.4 is 5.32 Å². The van der Waals surface area contributed by atoms with E-state index in [0.29, 0.717) is 11.3 Å². The Balaban J connectivity index is 1.88. The molecule has 29 heavy (non-hydrogen) atoms. The van der Waals surface area contributed by atoms with Crippen molar-refractivity contribution >= 4 is 35.1 Å². The molecule has 10 heteroatoms. The van der Waals surface area contributed by atoms with Gasteiger partial charge in [-0.1, -0.05) is 35.3 Å². The Morgan fingerprint density at radius 3 is 2.52 bits per heavy atom. The molecule has 3 aromatic rings. The van der Waals surface area contributed by atoms with Gasteiger partial charge in [0.15, 0.2) is 5.69 Å². The van der Waals surface area contributed by atoms with Gasteiger partial charge in [-0.2, -0.15) is 5.10 Å². The smallest absolute Gasteiger partial charge is 0.305 e. The number of aromatic nitrogens is 2. The highest BCUT2D eigenvalue weighted by Gasteiger charge is 2.24. The molecule has 0 saturated carbocycles. The second kappa shape index (κ2) is 8.50. The average Bonchev–Trinajstić information content (AvgIpc) is 3.05. The SMILES string of the molecule is O=C(O)CC(NC(=O)c1cc(O)n(-c2ccc(F)cc2)n1)c1cccc(Cl)c1Cl. The van der Waals surface area contributed by atoms with Crippen molar-refractivity contribution in [3.05, 3.63) is 75.7 Å². The minimum absolute atomic E-state index is 0.125. The molecular weight excluding hydrogens is 424 g/mol. The van der Waals surface area contributed by atoms with Gasteiger partial charge < -0.3 is 15.5 Å². The number of nitrogens with zero attached hydrogens (tertiary/aromatic N) is 2. The Morgan fingerprint density at radius 1 is 1.17 bits per heavy atom. The second-order valence-corrected chi connectivity index (χ2v) is 6.83. The second-order valence-electron chi connectivity index (χ2n) is 6.04. The van der Waals surface area contributed by atoms with Gasteiger partial charge in [0.05, 0.1) is 28.2 Å². The van der Waals surface area contributed by atoms with E-state index in [-0.39, 0.29) is 21.6 Å². The Morgan fingerprint density at radius 2 is 1.86 bits per heavy atom. The molecule has 0 bridgehead atoms. The van der Waals surface area contributed by atoms with Crippen molar-refractivity contribution < 1.29 is 24.2 Å². The predicted molar refractivity (Wildman–Crippen MR) is 104 cm³/mol. The molecule has 1 amide bonds. The van der Waals surface area contributed by atoms with E-state index in [0.717, 1.165) is 10.7 Å². The van der Waals surface area contributed by atoms with Gasteiger partial charge in [0.2, 0.25) is 5.88 Å². The highest BCUT2D eigenvalue weighted by atomic mass is 35.5. The largest absolute Gasteiger partial charge is 0.493 e. The van der Waals surface area contributed by atoms with Crippen LogP contribution >= 0.6 is 23.2 Å². The quantitative estimate of drug-likeness (QED) is 0.541. The minimum atomic E-state index is -1.16. The Hall–Kier alpha value is -3.10. The monoisotopic (exact) mass is 437 g/mol. The molecular formula is C19H14Cl2FN3O4. The molecule has 0 aliphatic carbocycles. The van der Waals surface area contributed by atoms with Crippen LogP contribution in [-0.2, 0) is 4.79 Å². The van der Waals surface area contributed by atoms with Crippen molar-refractivity contribution in [1.82, 2.24) is 15.1 Å². The summed E-state index contributed by atoms with van der Waals surface area (Å²) < 4.78 is 14.1. The molecule has 3 rings (SSSR count). The number of nitrogens with one attached hydrogen (secondary N) is 1. The number of carbonyl (C=O) groups is 2. The van der Waals surface area contributed by atoms with Crippen LogP contribution in [0.25, 0.3) is 5.69 Å². The van der Waals surface area contributed by atoms with E-state index in [9.17, 15) is 24.2 Å². The Labute approximate surface area is 174 Å². The molecule has 1 heterocycles. The maximum Gasteiger partial charge on any atom is 0.305 e. The number of aliphatic carboxylic acids is 1. The fourth-order valence-corrected chi connectivity index (χ4v) is 3.13. The van der Waals surface area contributed by atoms with Crippen LogP contribution in [0.4, 0.5) is 4.39 Å². The first-order valence-corrected chi connectivity index (χ1v) is 9.03. The zero-order chi connectivity index (χ0) is 21.1. The van der Waals surface area contributed by atoms with Gasteiger partial charge in [-0.3, -0.25) is 9.59 Å². The van der Waals surface area contributed by atoms with Crippen molar-refractivity contribution in [3.63, 3.8) is 0 Å². The number of benzene rings is 2. The molecule has 1 unspecified atom stereocenters. The third kappa shape index (κ3) is 4.67. The van der Waals surface area contributed by atoms with Gasteiger partial charge in [-0.15, -0.1) is 0 Å². The van der Waals surface area contributed by atoms with Gasteiger partial charge in [-0.05, 0) is 35.9 Å². The van der Waals surface area contributed by atoms with E-state index in [4.69, 9.17) is 23.2 Å². The first-order chi connectivity index (χ1) is 13.8. The fraction of sp³-hybridized carbons (Fsp3) is 0.105. The van der Waals surface area contributed by atoms with E-state index in [1.165, 1.54) is 30.3 Å². The molecule has 1 aromatic heterocycles. The minimum Gasteiger partial charge on any atom is -0.493 e. The predicted octanol–water partition coefficient (Wildman–Crippen LogP) is 3.97. The number of carboxylic acid groups (broad SMARTS) is 1. The third-order valence-electron chi connectivity index (χ3n) is 4.04. The van der Waals surface area contributed by atoms with E-state index in [2.05, 4.69) is 10.4 Å². The summed E-state index contributed by atoms with van der Waals surface area (Å²) in [5.74, 6) is -2.71. The molecule has 7 nitrogen and oxygen atoms in total. The number of amides is 1. The summed E-state index contributed by atoms with van der Waals surface area (Å²) in [5, 5.41) is 26.1. The zero-order valence-corrected chi connectivity index (χ0v) is 16.2. The van der Waals surface area contributed by atoms with Crippen molar-refractivity contribution in [2.45, 2.75) is 12.5 Å². The van der Waals surface area contributed by atoms with Gasteiger partial charge in [0, 0.05) is 6.07 Å². The van der Waals surface area contributed by atoms with Crippen molar-refractivity contribution in [1.29, 1.82) is 0 Å². The van der Waals surface area contributed by atoms with Crippen LogP contribution in [0.1, 0.15) is 28.5 Å². The lowest BCUT2D eigenvalue weighted by Crippen LogP contribution is -2.30. The molecule has 0 radical (unpaired) electrons. The first-order valence-electron chi connectivity index (χ1n) is 8.28. The summed E-state index contributed by atoms with van der Waals surface area (Å²) in [4.78, 5) is 23.9. The molecule has 0 saturated heterocycles. The molecule has 2 aromatic carbocycles. The summed E-state index contributed by atoms with van der Waals surface area (Å²) in [6.07, 6.45) is -0.448. The van der Waals surface area contributed by atoms with E-state index < -0.39 is 30.2 Å². The molecule has 0 aliphatic heterocycles. The number of rotatable bonds is 6. The van der Waals surface area contributed by atoms with Crippen LogP contribution in [0.15, 0.2) is 48.5 Å². The first kappa shape index (κ1) is 20.6. The molecule has 0 spiro atoms. The van der Waals surface area contributed by atoms with Crippen LogP contribution in [0.5, 0.6) is 5.88 Å². The van der Waals surface area contributed by atoms with Gasteiger partial charge >= 0.3 is 5.97 Å².